The van der Waals surface area contributed by atoms with Gasteiger partial charge in [0, 0.05) is 22.2 Å². The predicted octanol–water partition coefficient (Wildman–Crippen LogP) is 4.40. The summed E-state index contributed by atoms with van der Waals surface area (Å²) in [6, 6.07) is 7.78. The Kier molecular flexibility index (Phi) is 5.21. The highest BCUT2D eigenvalue weighted by atomic mass is 19.1. The highest BCUT2D eigenvalue weighted by Crippen LogP contribution is 2.33. The number of nitrogens with one attached hydrogen (secondary N) is 1. The van der Waals surface area contributed by atoms with Gasteiger partial charge in [0.2, 0.25) is 5.91 Å². The Bertz CT molecular complexity index is 826. The smallest absolute Gasteiger partial charge is 0.340 e. The van der Waals surface area contributed by atoms with Crippen LogP contribution in [0.4, 0.5) is 14.5 Å². The molecule has 0 aliphatic carbocycles. The van der Waals surface area contributed by atoms with E-state index in [9.17, 15) is 18.4 Å². The Morgan fingerprint density at radius 3 is 2.32 bits per heavy atom. The van der Waals surface area contributed by atoms with Crippen LogP contribution in [0.25, 0.3) is 11.1 Å². The lowest BCUT2D eigenvalue weighted by atomic mass is 9.94. The number of rotatable bonds is 3. The highest BCUT2D eigenvalue weighted by molar-refractivity contribution is 5.99. The van der Waals surface area contributed by atoms with Gasteiger partial charge in [0.25, 0.3) is 0 Å². The van der Waals surface area contributed by atoms with E-state index in [1.165, 1.54) is 30.3 Å². The molecule has 0 heterocycles. The van der Waals surface area contributed by atoms with E-state index < -0.39 is 23.0 Å². The molecule has 0 fully saturated rings. The number of carbonyl (C=O) groups is 2. The van der Waals surface area contributed by atoms with E-state index in [0.717, 1.165) is 13.2 Å². The molecule has 0 aliphatic rings. The number of carbonyl (C=O) groups excluding carboxylic acids is 2. The maximum Gasteiger partial charge on any atom is 0.340 e. The summed E-state index contributed by atoms with van der Waals surface area (Å²) in [5.74, 6) is -2.57. The molecule has 0 unspecified atom stereocenters. The Morgan fingerprint density at radius 2 is 1.72 bits per heavy atom. The van der Waals surface area contributed by atoms with Gasteiger partial charge in [0.05, 0.1) is 12.7 Å². The predicted molar refractivity (Wildman–Crippen MR) is 91.2 cm³/mol. The molecule has 1 N–H and O–H groups in total. The third kappa shape index (κ3) is 4.02. The summed E-state index contributed by atoms with van der Waals surface area (Å²) < 4.78 is 33.0. The minimum atomic E-state index is -0.841. The van der Waals surface area contributed by atoms with Crippen LogP contribution in [-0.4, -0.2) is 19.0 Å². The molecule has 0 radical (unpaired) electrons. The van der Waals surface area contributed by atoms with E-state index in [-0.39, 0.29) is 28.3 Å². The van der Waals surface area contributed by atoms with Crippen molar-refractivity contribution in [3.05, 3.63) is 53.6 Å². The van der Waals surface area contributed by atoms with Gasteiger partial charge in [0.15, 0.2) is 0 Å². The van der Waals surface area contributed by atoms with E-state index >= 15 is 0 Å². The summed E-state index contributed by atoms with van der Waals surface area (Å²) >= 11 is 0. The van der Waals surface area contributed by atoms with Crippen LogP contribution >= 0.6 is 0 Å². The molecule has 2 rings (SSSR count). The van der Waals surface area contributed by atoms with Gasteiger partial charge in [-0.2, -0.15) is 0 Å². The van der Waals surface area contributed by atoms with Crippen LogP contribution in [0.15, 0.2) is 36.4 Å². The second kappa shape index (κ2) is 7.01. The summed E-state index contributed by atoms with van der Waals surface area (Å²) in [7, 11) is 1.14. The zero-order valence-corrected chi connectivity index (χ0v) is 14.4. The third-order valence-electron chi connectivity index (χ3n) is 3.61. The molecular formula is C19H19F2NO3. The van der Waals surface area contributed by atoms with Crippen LogP contribution in [0.2, 0.25) is 0 Å². The third-order valence-corrected chi connectivity index (χ3v) is 3.61. The summed E-state index contributed by atoms with van der Waals surface area (Å²) in [5.41, 5.74) is -0.565. The van der Waals surface area contributed by atoms with E-state index in [4.69, 9.17) is 0 Å². The summed E-state index contributed by atoms with van der Waals surface area (Å²) in [6.45, 7) is 5.18. The number of esters is 1. The molecular weight excluding hydrogens is 328 g/mol. The Labute approximate surface area is 144 Å². The number of hydrogen-bond donors (Lipinski definition) is 1. The first kappa shape index (κ1) is 18.6. The molecule has 4 nitrogen and oxygen atoms in total. The molecule has 0 aromatic heterocycles. The monoisotopic (exact) mass is 347 g/mol. The molecule has 2 aromatic carbocycles. The van der Waals surface area contributed by atoms with Crippen molar-refractivity contribution in [3.8, 4) is 11.1 Å². The average Bonchev–Trinajstić information content (AvgIpc) is 2.55. The number of halogens is 2. The van der Waals surface area contributed by atoms with Crippen molar-refractivity contribution in [2.24, 2.45) is 5.41 Å². The Hall–Kier alpha value is -2.76. The topological polar surface area (TPSA) is 55.4 Å². The van der Waals surface area contributed by atoms with Crippen molar-refractivity contribution in [3.63, 3.8) is 0 Å². The Morgan fingerprint density at radius 1 is 1.04 bits per heavy atom. The SMILES string of the molecule is COC(=O)c1cccc(-c2cc(F)ccc2NC(=O)C(C)(C)C)c1F. The van der Waals surface area contributed by atoms with Gasteiger partial charge < -0.3 is 10.1 Å². The second-order valence-corrected chi connectivity index (χ2v) is 6.55. The fourth-order valence-electron chi connectivity index (χ4n) is 2.17. The van der Waals surface area contributed by atoms with Crippen molar-refractivity contribution in [1.29, 1.82) is 0 Å². The molecule has 0 saturated heterocycles. The lowest BCUT2D eigenvalue weighted by Gasteiger charge is -2.20. The zero-order chi connectivity index (χ0) is 18.8. The van der Waals surface area contributed by atoms with Gasteiger partial charge in [-0.3, -0.25) is 4.79 Å². The maximum atomic E-state index is 14.7. The molecule has 0 spiro atoms. The van der Waals surface area contributed by atoms with Crippen LogP contribution in [0, 0.1) is 17.0 Å². The summed E-state index contributed by atoms with van der Waals surface area (Å²) in [4.78, 5) is 23.9. The average molecular weight is 347 g/mol. The molecule has 0 bridgehead atoms. The molecule has 132 valence electrons. The van der Waals surface area contributed by atoms with Crippen LogP contribution < -0.4 is 5.32 Å². The first-order valence-corrected chi connectivity index (χ1v) is 7.63. The van der Waals surface area contributed by atoms with Crippen molar-refractivity contribution < 1.29 is 23.1 Å². The molecule has 6 heteroatoms. The number of ether oxygens (including phenoxy) is 1. The lowest BCUT2D eigenvalue weighted by molar-refractivity contribution is -0.123. The molecule has 25 heavy (non-hydrogen) atoms. The number of hydrogen-bond acceptors (Lipinski definition) is 3. The van der Waals surface area contributed by atoms with Crippen LogP contribution in [0.3, 0.4) is 0 Å². The summed E-state index contributed by atoms with van der Waals surface area (Å²) in [6.07, 6.45) is 0. The van der Waals surface area contributed by atoms with Gasteiger partial charge in [-0.15, -0.1) is 0 Å². The van der Waals surface area contributed by atoms with Gasteiger partial charge in [-0.05, 0) is 24.3 Å². The van der Waals surface area contributed by atoms with Crippen LogP contribution in [-0.2, 0) is 9.53 Å². The van der Waals surface area contributed by atoms with Crippen LogP contribution in [0.5, 0.6) is 0 Å². The fourth-order valence-corrected chi connectivity index (χ4v) is 2.17. The van der Waals surface area contributed by atoms with Crippen molar-refractivity contribution >= 4 is 17.6 Å². The number of amides is 1. The first-order chi connectivity index (χ1) is 11.6. The van der Waals surface area contributed by atoms with Gasteiger partial charge in [-0.25, -0.2) is 13.6 Å². The minimum absolute atomic E-state index is 0.00777. The quantitative estimate of drug-likeness (QED) is 0.837. The highest BCUT2D eigenvalue weighted by Gasteiger charge is 2.24. The van der Waals surface area contributed by atoms with Crippen molar-refractivity contribution in [1.82, 2.24) is 0 Å². The largest absolute Gasteiger partial charge is 0.465 e. The number of benzene rings is 2. The molecule has 2 aromatic rings. The summed E-state index contributed by atoms with van der Waals surface area (Å²) in [5, 5.41) is 2.68. The normalized spacial score (nSPS) is 11.1. The Balaban J connectivity index is 2.58. The van der Waals surface area contributed by atoms with E-state index in [2.05, 4.69) is 10.1 Å². The van der Waals surface area contributed by atoms with E-state index in [1.54, 1.807) is 20.8 Å². The molecule has 0 aliphatic heterocycles. The number of methoxy groups -OCH3 is 1. The van der Waals surface area contributed by atoms with Gasteiger partial charge in [-0.1, -0.05) is 32.9 Å². The maximum absolute atomic E-state index is 14.7. The number of anilines is 1. The van der Waals surface area contributed by atoms with E-state index in [1.807, 2.05) is 0 Å². The lowest BCUT2D eigenvalue weighted by Crippen LogP contribution is -2.27. The van der Waals surface area contributed by atoms with Gasteiger partial charge >= 0.3 is 5.97 Å². The minimum Gasteiger partial charge on any atom is -0.465 e. The second-order valence-electron chi connectivity index (χ2n) is 6.55. The van der Waals surface area contributed by atoms with E-state index in [0.29, 0.717) is 0 Å². The molecule has 1 amide bonds. The van der Waals surface area contributed by atoms with Crippen molar-refractivity contribution in [2.45, 2.75) is 20.8 Å². The van der Waals surface area contributed by atoms with Crippen LogP contribution in [0.1, 0.15) is 31.1 Å². The van der Waals surface area contributed by atoms with Crippen molar-refractivity contribution in [2.75, 3.05) is 12.4 Å². The molecule has 0 saturated carbocycles. The standard InChI is InChI=1S/C19H19F2NO3/c1-19(2,3)18(24)22-15-9-8-11(20)10-14(15)12-6-5-7-13(16(12)21)17(23)25-4/h5-10H,1-4H3,(H,22,24). The fraction of sp³-hybridized carbons (Fsp3) is 0.263. The zero-order valence-electron chi connectivity index (χ0n) is 14.4. The van der Waals surface area contributed by atoms with Gasteiger partial charge in [0.1, 0.15) is 11.6 Å². The molecule has 0 atom stereocenters. The first-order valence-electron chi connectivity index (χ1n) is 7.63.